The lowest BCUT2D eigenvalue weighted by Crippen LogP contribution is -2.44. The fourth-order valence-corrected chi connectivity index (χ4v) is 2.97. The van der Waals surface area contributed by atoms with E-state index < -0.39 is 30.0 Å². The first-order valence-electron chi connectivity index (χ1n) is 9.28. The van der Waals surface area contributed by atoms with Crippen LogP contribution in [0.5, 0.6) is 0 Å². The maximum Gasteiger partial charge on any atom is 0.396 e. The summed E-state index contributed by atoms with van der Waals surface area (Å²) >= 11 is 0. The maximum absolute atomic E-state index is 13.6. The summed E-state index contributed by atoms with van der Waals surface area (Å²) in [5, 5.41) is 10.4. The van der Waals surface area contributed by atoms with Crippen molar-refractivity contribution in [3.63, 3.8) is 0 Å². The van der Waals surface area contributed by atoms with Gasteiger partial charge in [-0.1, -0.05) is 67.6 Å². The Labute approximate surface area is 163 Å². The molecule has 2 aromatic carbocycles. The molecule has 2 aromatic rings. The Morgan fingerprint density at radius 2 is 1.57 bits per heavy atom. The van der Waals surface area contributed by atoms with Gasteiger partial charge in [-0.2, -0.15) is 13.2 Å². The minimum atomic E-state index is -4.54. The smallest absolute Gasteiger partial charge is 0.388 e. The van der Waals surface area contributed by atoms with Gasteiger partial charge in [-0.3, -0.25) is 4.79 Å². The van der Waals surface area contributed by atoms with E-state index in [1.807, 2.05) is 6.07 Å². The summed E-state index contributed by atoms with van der Waals surface area (Å²) < 4.78 is 40.9. The molecule has 0 aliphatic carbocycles. The number of carbonyl (C=O) groups is 1. The zero-order chi connectivity index (χ0) is 20.8. The number of rotatable bonds is 8. The zero-order valence-electron chi connectivity index (χ0n) is 16.1. The van der Waals surface area contributed by atoms with E-state index in [9.17, 15) is 23.1 Å². The number of hydrogen-bond acceptors (Lipinski definition) is 2. The number of aliphatic hydroxyl groups is 1. The van der Waals surface area contributed by atoms with Crippen LogP contribution in [0.2, 0.25) is 0 Å². The summed E-state index contributed by atoms with van der Waals surface area (Å²) in [6, 6.07) is 16.5. The van der Waals surface area contributed by atoms with Crippen LogP contribution in [-0.4, -0.2) is 34.2 Å². The third-order valence-electron chi connectivity index (χ3n) is 4.84. The fourth-order valence-electron chi connectivity index (χ4n) is 2.97. The second-order valence-electron chi connectivity index (χ2n) is 7.29. The van der Waals surface area contributed by atoms with Gasteiger partial charge >= 0.3 is 6.18 Å². The Morgan fingerprint density at radius 1 is 1.04 bits per heavy atom. The zero-order valence-corrected chi connectivity index (χ0v) is 16.1. The average Bonchev–Trinajstić information content (AvgIpc) is 2.66. The van der Waals surface area contributed by atoms with Crippen LogP contribution in [0.3, 0.4) is 0 Å². The Kier molecular flexibility index (Phi) is 7.24. The van der Waals surface area contributed by atoms with Gasteiger partial charge in [-0.15, -0.1) is 0 Å². The second kappa shape index (κ2) is 9.24. The van der Waals surface area contributed by atoms with Crippen molar-refractivity contribution in [3.05, 3.63) is 71.8 Å². The maximum atomic E-state index is 13.6. The lowest BCUT2D eigenvalue weighted by Gasteiger charge is -2.32. The van der Waals surface area contributed by atoms with E-state index in [2.05, 4.69) is 0 Å². The van der Waals surface area contributed by atoms with E-state index in [-0.39, 0.29) is 18.7 Å². The highest BCUT2D eigenvalue weighted by Crippen LogP contribution is 2.38. The molecule has 1 N–H and O–H groups in total. The number of nitrogens with zero attached hydrogens (tertiary/aromatic N) is 1. The van der Waals surface area contributed by atoms with Crippen LogP contribution in [0.1, 0.15) is 43.7 Å². The van der Waals surface area contributed by atoms with Crippen molar-refractivity contribution in [2.24, 2.45) is 0 Å². The Morgan fingerprint density at radius 3 is 2.07 bits per heavy atom. The third-order valence-corrected chi connectivity index (χ3v) is 4.84. The largest absolute Gasteiger partial charge is 0.396 e. The predicted molar refractivity (Wildman–Crippen MR) is 103 cm³/mol. The van der Waals surface area contributed by atoms with Gasteiger partial charge < -0.3 is 10.0 Å². The number of benzene rings is 2. The standard InChI is InChI=1S/C22H26F3NO2/c1-3-21(2,28)16-26(15-17-10-6-4-7-11-17)20(27)14-19(22(23,24)25)18-12-8-5-9-13-18/h4-13,19,28H,3,14-16H2,1-2H3. The van der Waals surface area contributed by atoms with Crippen molar-refractivity contribution in [3.8, 4) is 0 Å². The summed E-state index contributed by atoms with van der Waals surface area (Å²) in [5.41, 5.74) is -0.318. The molecular formula is C22H26F3NO2. The molecular weight excluding hydrogens is 367 g/mol. The number of hydrogen-bond donors (Lipinski definition) is 1. The van der Waals surface area contributed by atoms with Crippen molar-refractivity contribution in [2.75, 3.05) is 6.54 Å². The van der Waals surface area contributed by atoms with Crippen LogP contribution in [0.25, 0.3) is 0 Å². The van der Waals surface area contributed by atoms with Crippen LogP contribution >= 0.6 is 0 Å². The summed E-state index contributed by atoms with van der Waals surface area (Å²) in [6.07, 6.45) is -4.85. The van der Waals surface area contributed by atoms with E-state index in [1.54, 1.807) is 44.2 Å². The van der Waals surface area contributed by atoms with Gasteiger partial charge in [0.25, 0.3) is 0 Å². The van der Waals surface area contributed by atoms with Crippen molar-refractivity contribution >= 4 is 5.91 Å². The van der Waals surface area contributed by atoms with Crippen LogP contribution in [-0.2, 0) is 11.3 Å². The predicted octanol–water partition coefficient (Wildman–Crippen LogP) is 4.91. The highest BCUT2D eigenvalue weighted by atomic mass is 19.4. The minimum Gasteiger partial charge on any atom is -0.388 e. The van der Waals surface area contributed by atoms with Crippen LogP contribution in [0.15, 0.2) is 60.7 Å². The Hall–Kier alpha value is -2.34. The van der Waals surface area contributed by atoms with Crippen molar-refractivity contribution in [2.45, 2.75) is 50.9 Å². The van der Waals surface area contributed by atoms with Crippen LogP contribution < -0.4 is 0 Å². The van der Waals surface area contributed by atoms with Crippen molar-refractivity contribution in [1.82, 2.24) is 4.90 Å². The number of amides is 1. The highest BCUT2D eigenvalue weighted by molar-refractivity contribution is 5.77. The molecule has 0 heterocycles. The quantitative estimate of drug-likeness (QED) is 0.692. The number of carbonyl (C=O) groups excluding carboxylic acids is 1. The molecule has 0 radical (unpaired) electrons. The normalized spacial score (nSPS) is 14.9. The highest BCUT2D eigenvalue weighted by Gasteiger charge is 2.42. The monoisotopic (exact) mass is 393 g/mol. The lowest BCUT2D eigenvalue weighted by atomic mass is 9.93. The molecule has 2 rings (SSSR count). The summed E-state index contributed by atoms with van der Waals surface area (Å²) in [5.74, 6) is -2.52. The molecule has 2 unspecified atom stereocenters. The van der Waals surface area contributed by atoms with E-state index in [4.69, 9.17) is 0 Å². The first-order valence-corrected chi connectivity index (χ1v) is 9.28. The van der Waals surface area contributed by atoms with Gasteiger partial charge in [0, 0.05) is 19.5 Å². The topological polar surface area (TPSA) is 40.5 Å². The summed E-state index contributed by atoms with van der Waals surface area (Å²) in [7, 11) is 0. The molecule has 152 valence electrons. The second-order valence-corrected chi connectivity index (χ2v) is 7.29. The summed E-state index contributed by atoms with van der Waals surface area (Å²) in [6.45, 7) is 3.47. The molecule has 0 saturated carbocycles. The molecule has 2 atom stereocenters. The van der Waals surface area contributed by atoms with Gasteiger partial charge in [-0.05, 0) is 24.5 Å². The Bertz CT molecular complexity index is 745. The molecule has 0 aliphatic heterocycles. The lowest BCUT2D eigenvalue weighted by molar-refractivity contribution is -0.162. The van der Waals surface area contributed by atoms with Gasteiger partial charge in [-0.25, -0.2) is 0 Å². The molecule has 0 fully saturated rings. The van der Waals surface area contributed by atoms with Gasteiger partial charge in [0.1, 0.15) is 0 Å². The minimum absolute atomic E-state index is 0.0312. The molecule has 6 heteroatoms. The fraction of sp³-hybridized carbons (Fsp3) is 0.409. The molecule has 0 bridgehead atoms. The van der Waals surface area contributed by atoms with E-state index >= 15 is 0 Å². The number of halogens is 3. The average molecular weight is 393 g/mol. The SMILES string of the molecule is CCC(C)(O)CN(Cc1ccccc1)C(=O)CC(c1ccccc1)C(F)(F)F. The molecule has 0 spiro atoms. The van der Waals surface area contributed by atoms with Gasteiger partial charge in [0.15, 0.2) is 0 Å². The van der Waals surface area contributed by atoms with Gasteiger partial charge in [0.05, 0.1) is 11.5 Å². The molecule has 0 aliphatic rings. The molecule has 1 amide bonds. The third kappa shape index (κ3) is 6.37. The van der Waals surface area contributed by atoms with Crippen molar-refractivity contribution in [1.29, 1.82) is 0 Å². The molecule has 28 heavy (non-hydrogen) atoms. The molecule has 3 nitrogen and oxygen atoms in total. The first-order chi connectivity index (χ1) is 13.1. The summed E-state index contributed by atoms with van der Waals surface area (Å²) in [4.78, 5) is 14.2. The molecule has 0 aromatic heterocycles. The van der Waals surface area contributed by atoms with E-state index in [0.29, 0.717) is 6.42 Å². The number of alkyl halides is 3. The van der Waals surface area contributed by atoms with Crippen LogP contribution in [0, 0.1) is 0 Å². The molecule has 0 saturated heterocycles. The van der Waals surface area contributed by atoms with Gasteiger partial charge in [0.2, 0.25) is 5.91 Å². The first kappa shape index (κ1) is 22.0. The van der Waals surface area contributed by atoms with Crippen molar-refractivity contribution < 1.29 is 23.1 Å². The van der Waals surface area contributed by atoms with Crippen LogP contribution in [0.4, 0.5) is 13.2 Å². The van der Waals surface area contributed by atoms with E-state index in [1.165, 1.54) is 29.2 Å². The Balaban J connectivity index is 2.26. The van der Waals surface area contributed by atoms with E-state index in [0.717, 1.165) is 5.56 Å².